The van der Waals surface area contributed by atoms with Crippen LogP contribution >= 0.6 is 0 Å². The van der Waals surface area contributed by atoms with Gasteiger partial charge in [-0.25, -0.2) is 9.98 Å². The Hall–Kier alpha value is -2.42. The largest absolute Gasteiger partial charge is 0.355 e. The maximum absolute atomic E-state index is 5.16. The zero-order valence-electron chi connectivity index (χ0n) is 16.0. The first kappa shape index (κ1) is 17.0. The van der Waals surface area contributed by atoms with Crippen molar-refractivity contribution < 1.29 is 0 Å². The highest BCUT2D eigenvalue weighted by Gasteiger charge is 2.36. The molecule has 1 atom stereocenters. The first-order chi connectivity index (χ1) is 12.5. The van der Waals surface area contributed by atoms with E-state index in [1.165, 1.54) is 30.4 Å². The number of rotatable bonds is 2. The molecule has 0 radical (unpaired) electrons. The van der Waals surface area contributed by atoms with Gasteiger partial charge in [-0.3, -0.25) is 0 Å². The third-order valence-electron chi connectivity index (χ3n) is 5.44. The van der Waals surface area contributed by atoms with Gasteiger partial charge < -0.3 is 4.90 Å². The fourth-order valence-corrected chi connectivity index (χ4v) is 3.78. The van der Waals surface area contributed by atoms with Gasteiger partial charge in [0.2, 0.25) is 0 Å². The standard InChI is InChI=1S/C23H27N3/c1-17-7-11-19(12-8-17)21-22(26-15-5-4-6-16-26)25-23(3,24-21)20-13-9-18(2)10-14-20/h7-14H,4-6,15-16H2,1-3H3. The van der Waals surface area contributed by atoms with Gasteiger partial charge in [0.25, 0.3) is 0 Å². The fourth-order valence-electron chi connectivity index (χ4n) is 3.78. The molecule has 4 rings (SSSR count). The van der Waals surface area contributed by atoms with Crippen LogP contribution in [0.2, 0.25) is 0 Å². The van der Waals surface area contributed by atoms with Crippen LogP contribution in [0, 0.1) is 13.8 Å². The Balaban J connectivity index is 1.78. The van der Waals surface area contributed by atoms with Crippen LogP contribution in [0.15, 0.2) is 58.5 Å². The summed E-state index contributed by atoms with van der Waals surface area (Å²) in [5.74, 6) is 1.07. The summed E-state index contributed by atoms with van der Waals surface area (Å²) >= 11 is 0. The number of amidine groups is 1. The summed E-state index contributed by atoms with van der Waals surface area (Å²) < 4.78 is 0. The third-order valence-corrected chi connectivity index (χ3v) is 5.44. The minimum Gasteiger partial charge on any atom is -0.355 e. The van der Waals surface area contributed by atoms with Crippen molar-refractivity contribution in [2.75, 3.05) is 13.1 Å². The van der Waals surface area contributed by atoms with E-state index in [-0.39, 0.29) is 0 Å². The molecule has 0 N–H and O–H groups in total. The maximum atomic E-state index is 5.16. The summed E-state index contributed by atoms with van der Waals surface area (Å²) in [7, 11) is 0. The topological polar surface area (TPSA) is 28.0 Å². The highest BCUT2D eigenvalue weighted by Crippen LogP contribution is 2.34. The lowest BCUT2D eigenvalue weighted by molar-refractivity contribution is 0.343. The molecular formula is C23H27N3. The Bertz CT molecular complexity index is 840. The van der Waals surface area contributed by atoms with Gasteiger partial charge in [-0.2, -0.15) is 0 Å². The van der Waals surface area contributed by atoms with Gasteiger partial charge in [0.15, 0.2) is 11.5 Å². The lowest BCUT2D eigenvalue weighted by Gasteiger charge is -2.29. The summed E-state index contributed by atoms with van der Waals surface area (Å²) in [4.78, 5) is 12.7. The van der Waals surface area contributed by atoms with Crippen LogP contribution in [0.25, 0.3) is 0 Å². The number of nitrogens with zero attached hydrogens (tertiary/aromatic N) is 3. The maximum Gasteiger partial charge on any atom is 0.176 e. The molecule has 2 aromatic rings. The van der Waals surface area contributed by atoms with Crippen LogP contribution in [0.3, 0.4) is 0 Å². The second kappa shape index (κ2) is 6.71. The van der Waals surface area contributed by atoms with E-state index < -0.39 is 5.66 Å². The summed E-state index contributed by atoms with van der Waals surface area (Å²) in [6.45, 7) is 8.52. The molecule has 2 aliphatic heterocycles. The normalized spacial score (nSPS) is 23.0. The molecule has 1 fully saturated rings. The quantitative estimate of drug-likeness (QED) is 0.763. The molecule has 3 nitrogen and oxygen atoms in total. The van der Waals surface area contributed by atoms with Crippen LogP contribution in [0.1, 0.15) is 48.4 Å². The average molecular weight is 345 g/mol. The van der Waals surface area contributed by atoms with Gasteiger partial charge >= 0.3 is 0 Å². The van der Waals surface area contributed by atoms with Crippen molar-refractivity contribution in [1.29, 1.82) is 0 Å². The minimum absolute atomic E-state index is 0.541. The summed E-state index contributed by atoms with van der Waals surface area (Å²) in [6, 6.07) is 17.3. The smallest absolute Gasteiger partial charge is 0.176 e. The molecule has 2 aliphatic rings. The average Bonchev–Trinajstić information content (AvgIpc) is 3.02. The predicted molar refractivity (Wildman–Crippen MR) is 109 cm³/mol. The minimum atomic E-state index is -0.541. The second-order valence-electron chi connectivity index (χ2n) is 7.70. The zero-order valence-corrected chi connectivity index (χ0v) is 16.0. The van der Waals surface area contributed by atoms with Gasteiger partial charge in [-0.05, 0) is 40.0 Å². The van der Waals surface area contributed by atoms with Crippen LogP contribution < -0.4 is 0 Å². The van der Waals surface area contributed by atoms with Gasteiger partial charge in [-0.15, -0.1) is 0 Å². The highest BCUT2D eigenvalue weighted by molar-refractivity contribution is 6.48. The summed E-state index contributed by atoms with van der Waals surface area (Å²) in [6.07, 6.45) is 3.79. The van der Waals surface area contributed by atoms with Crippen molar-refractivity contribution >= 4 is 11.5 Å². The van der Waals surface area contributed by atoms with E-state index in [1.54, 1.807) is 0 Å². The molecule has 0 spiro atoms. The van der Waals surface area contributed by atoms with Crippen molar-refractivity contribution in [3.05, 3.63) is 70.8 Å². The van der Waals surface area contributed by atoms with E-state index in [1.807, 2.05) is 0 Å². The lowest BCUT2D eigenvalue weighted by atomic mass is 10.0. The van der Waals surface area contributed by atoms with E-state index in [0.29, 0.717) is 0 Å². The van der Waals surface area contributed by atoms with Gasteiger partial charge in [0.05, 0.1) is 0 Å². The van der Waals surface area contributed by atoms with Crippen molar-refractivity contribution in [2.24, 2.45) is 9.98 Å². The predicted octanol–water partition coefficient (Wildman–Crippen LogP) is 4.86. The Morgan fingerprint density at radius 1 is 0.769 bits per heavy atom. The van der Waals surface area contributed by atoms with E-state index >= 15 is 0 Å². The number of aliphatic imine (C=N–C) groups is 2. The van der Waals surface area contributed by atoms with Crippen molar-refractivity contribution in [2.45, 2.75) is 45.7 Å². The molecule has 0 bridgehead atoms. The van der Waals surface area contributed by atoms with Gasteiger partial charge in [0, 0.05) is 24.2 Å². The number of hydrogen-bond donors (Lipinski definition) is 0. The molecule has 0 amide bonds. The van der Waals surface area contributed by atoms with Crippen LogP contribution in [-0.4, -0.2) is 29.5 Å². The molecule has 0 aromatic heterocycles. The van der Waals surface area contributed by atoms with Crippen molar-refractivity contribution in [3.8, 4) is 0 Å². The van der Waals surface area contributed by atoms with Crippen LogP contribution in [0.4, 0.5) is 0 Å². The number of hydrogen-bond acceptors (Lipinski definition) is 3. The summed E-state index contributed by atoms with van der Waals surface area (Å²) in [5, 5.41) is 0. The number of aryl methyl sites for hydroxylation is 2. The number of likely N-dealkylation sites (tertiary alicyclic amines) is 1. The van der Waals surface area contributed by atoms with E-state index in [2.05, 4.69) is 74.2 Å². The monoisotopic (exact) mass is 345 g/mol. The fraction of sp³-hybridized carbons (Fsp3) is 0.391. The van der Waals surface area contributed by atoms with Gasteiger partial charge in [-0.1, -0.05) is 59.7 Å². The Kier molecular flexibility index (Phi) is 4.39. The van der Waals surface area contributed by atoms with Gasteiger partial charge in [0.1, 0.15) is 5.71 Å². The molecule has 0 saturated carbocycles. The Morgan fingerprint density at radius 2 is 1.35 bits per heavy atom. The second-order valence-corrected chi connectivity index (χ2v) is 7.70. The van der Waals surface area contributed by atoms with E-state index in [9.17, 15) is 0 Å². The first-order valence-corrected chi connectivity index (χ1v) is 9.64. The van der Waals surface area contributed by atoms with E-state index in [4.69, 9.17) is 9.98 Å². The number of benzene rings is 2. The molecule has 3 heteroatoms. The van der Waals surface area contributed by atoms with Crippen molar-refractivity contribution in [1.82, 2.24) is 4.90 Å². The van der Waals surface area contributed by atoms with Crippen LogP contribution in [-0.2, 0) is 5.66 Å². The Morgan fingerprint density at radius 3 is 1.96 bits per heavy atom. The molecule has 1 unspecified atom stereocenters. The third kappa shape index (κ3) is 3.18. The molecule has 2 heterocycles. The summed E-state index contributed by atoms with van der Waals surface area (Å²) in [5.41, 5.74) is 5.34. The van der Waals surface area contributed by atoms with Crippen LogP contribution in [0.5, 0.6) is 0 Å². The zero-order chi connectivity index (χ0) is 18.1. The number of piperidine rings is 1. The highest BCUT2D eigenvalue weighted by atomic mass is 15.3. The molecule has 2 aromatic carbocycles. The SMILES string of the molecule is Cc1ccc(C2=NC(C)(c3ccc(C)cc3)N=C2N2CCCCC2)cc1. The van der Waals surface area contributed by atoms with Crippen molar-refractivity contribution in [3.63, 3.8) is 0 Å². The molecule has 0 aliphatic carbocycles. The molecule has 134 valence electrons. The Labute approximate surface area is 156 Å². The molecule has 26 heavy (non-hydrogen) atoms. The molecular weight excluding hydrogens is 318 g/mol. The van der Waals surface area contributed by atoms with E-state index in [0.717, 1.165) is 35.8 Å². The molecule has 1 saturated heterocycles. The first-order valence-electron chi connectivity index (χ1n) is 9.64. The lowest BCUT2D eigenvalue weighted by Crippen LogP contribution is -2.39.